The summed E-state index contributed by atoms with van der Waals surface area (Å²) in [6.45, 7) is 6.15. The highest BCUT2D eigenvalue weighted by Crippen LogP contribution is 2.23. The number of hydrogen-bond acceptors (Lipinski definition) is 6. The number of rotatable bonds is 7. The zero-order chi connectivity index (χ0) is 32.5. The van der Waals surface area contributed by atoms with Crippen molar-refractivity contribution in [3.8, 4) is 11.3 Å². The lowest BCUT2D eigenvalue weighted by Gasteiger charge is -2.30. The van der Waals surface area contributed by atoms with Crippen molar-refractivity contribution in [2.24, 2.45) is 5.92 Å². The van der Waals surface area contributed by atoms with Crippen molar-refractivity contribution in [3.05, 3.63) is 77.7 Å². The van der Waals surface area contributed by atoms with E-state index < -0.39 is 29.9 Å². The predicted octanol–water partition coefficient (Wildman–Crippen LogP) is 2.25. The van der Waals surface area contributed by atoms with Crippen LogP contribution < -0.4 is 16.0 Å². The third-order valence-corrected chi connectivity index (χ3v) is 7.88. The Bertz CT molecular complexity index is 1480. The number of nitrogens with one attached hydrogen (secondary N) is 4. The summed E-state index contributed by atoms with van der Waals surface area (Å²) in [5, 5.41) is 15.7. The number of hydrogen-bond donors (Lipinski definition) is 4. The number of carbonyl (C=O) groups is 4. The van der Waals surface area contributed by atoms with Gasteiger partial charge in [0, 0.05) is 44.2 Å². The smallest absolute Gasteiger partial charge is 0.245 e. The summed E-state index contributed by atoms with van der Waals surface area (Å²) >= 11 is 0. The quantitative estimate of drug-likeness (QED) is 0.320. The number of H-pyrrole nitrogens is 1. The first kappa shape index (κ1) is 33.3. The Kier molecular flexibility index (Phi) is 11.4. The fourth-order valence-electron chi connectivity index (χ4n) is 5.34. The molecule has 4 rings (SSSR count). The lowest BCUT2D eigenvalue weighted by molar-refractivity contribution is -0.142. The molecule has 12 heteroatoms. The van der Waals surface area contributed by atoms with Crippen molar-refractivity contribution in [3.63, 3.8) is 0 Å². The highest BCUT2D eigenvalue weighted by molar-refractivity contribution is 5.94. The number of nitrogens with zero attached hydrogens (tertiary/aromatic N) is 3. The maximum atomic E-state index is 14.0. The molecular formula is C33H42FN7O4. The fraction of sp³-hybridized carbons (Fsp3) is 0.424. The van der Waals surface area contributed by atoms with Crippen LogP contribution in [0.2, 0.25) is 0 Å². The van der Waals surface area contributed by atoms with Gasteiger partial charge in [0.2, 0.25) is 23.6 Å². The van der Waals surface area contributed by atoms with E-state index in [0.29, 0.717) is 17.7 Å². The molecule has 1 aromatic heterocycles. The van der Waals surface area contributed by atoms with E-state index in [2.05, 4.69) is 26.1 Å². The van der Waals surface area contributed by atoms with Crippen LogP contribution in [0.15, 0.2) is 60.8 Å². The average molecular weight is 620 g/mol. The summed E-state index contributed by atoms with van der Waals surface area (Å²) in [5.74, 6) is -1.92. The monoisotopic (exact) mass is 619 g/mol. The van der Waals surface area contributed by atoms with E-state index in [1.807, 2.05) is 49.1 Å². The molecule has 3 aromatic rings. The van der Waals surface area contributed by atoms with Crippen molar-refractivity contribution in [2.45, 2.75) is 58.3 Å². The van der Waals surface area contributed by atoms with Crippen LogP contribution in [-0.4, -0.2) is 88.4 Å². The van der Waals surface area contributed by atoms with Crippen LogP contribution >= 0.6 is 0 Å². The highest BCUT2D eigenvalue weighted by atomic mass is 19.1. The molecule has 1 aliphatic rings. The standard InChI is InChI=1S/C33H42FN7O4/c1-21(2)15-28-33(45)40(4)22(3)31(43)38-27(16-23-9-6-5-7-10-23)32(44)35-13-14-41(20-29(42)37-28)19-25-18-36-39-30(25)24-11-8-12-26(34)17-24/h5-12,17-18,21-22,27-28H,13-16,19-20H2,1-4H3,(H,35,44)(H,36,39)(H,37,42)(H,38,43)/t22-,27-,28-/m0/s1. The maximum Gasteiger partial charge on any atom is 0.245 e. The highest BCUT2D eigenvalue weighted by Gasteiger charge is 2.32. The zero-order valence-electron chi connectivity index (χ0n) is 26.2. The minimum Gasteiger partial charge on any atom is -0.353 e. The van der Waals surface area contributed by atoms with E-state index in [1.54, 1.807) is 25.3 Å². The molecule has 0 bridgehead atoms. The average Bonchev–Trinajstić information content (AvgIpc) is 3.47. The van der Waals surface area contributed by atoms with E-state index in [1.165, 1.54) is 24.1 Å². The predicted molar refractivity (Wildman–Crippen MR) is 168 cm³/mol. The molecular weight excluding hydrogens is 577 g/mol. The molecule has 0 spiro atoms. The van der Waals surface area contributed by atoms with Crippen LogP contribution in [0.5, 0.6) is 0 Å². The number of aromatic amines is 1. The zero-order valence-corrected chi connectivity index (χ0v) is 26.2. The second-order valence-corrected chi connectivity index (χ2v) is 11.9. The first-order chi connectivity index (χ1) is 21.5. The molecule has 2 heterocycles. The lowest BCUT2D eigenvalue weighted by Crippen LogP contribution is -2.56. The van der Waals surface area contributed by atoms with Gasteiger partial charge in [-0.1, -0.05) is 56.3 Å². The summed E-state index contributed by atoms with van der Waals surface area (Å²) in [6, 6.07) is 12.9. The maximum absolute atomic E-state index is 14.0. The van der Waals surface area contributed by atoms with Gasteiger partial charge in [0.15, 0.2) is 0 Å². The number of benzene rings is 2. The van der Waals surface area contributed by atoms with E-state index in [4.69, 9.17) is 0 Å². The fourth-order valence-corrected chi connectivity index (χ4v) is 5.34. The van der Waals surface area contributed by atoms with Gasteiger partial charge in [-0.05, 0) is 37.0 Å². The normalized spacial score (nSPS) is 21.1. The summed E-state index contributed by atoms with van der Waals surface area (Å²) in [7, 11) is 1.52. The second-order valence-electron chi connectivity index (χ2n) is 11.9. The molecule has 1 saturated heterocycles. The van der Waals surface area contributed by atoms with Gasteiger partial charge in [-0.2, -0.15) is 5.10 Å². The number of halogens is 1. The van der Waals surface area contributed by atoms with Crippen molar-refractivity contribution in [1.82, 2.24) is 35.9 Å². The Morgan fingerprint density at radius 1 is 0.978 bits per heavy atom. The van der Waals surface area contributed by atoms with Crippen LogP contribution in [0.3, 0.4) is 0 Å². The molecule has 45 heavy (non-hydrogen) atoms. The first-order valence-corrected chi connectivity index (χ1v) is 15.2. The molecule has 11 nitrogen and oxygen atoms in total. The number of amides is 4. The number of likely N-dealkylation sites (N-methyl/N-ethyl adjacent to an activating group) is 1. The second kappa shape index (κ2) is 15.4. The third-order valence-electron chi connectivity index (χ3n) is 7.88. The summed E-state index contributed by atoms with van der Waals surface area (Å²) in [6.07, 6.45) is 2.26. The molecule has 240 valence electrons. The van der Waals surface area contributed by atoms with Gasteiger partial charge in [-0.3, -0.25) is 29.2 Å². The Morgan fingerprint density at radius 2 is 1.73 bits per heavy atom. The Labute approximate surface area is 262 Å². The van der Waals surface area contributed by atoms with Crippen molar-refractivity contribution in [1.29, 1.82) is 0 Å². The van der Waals surface area contributed by atoms with Crippen LogP contribution in [0.1, 0.15) is 38.3 Å². The van der Waals surface area contributed by atoms with Gasteiger partial charge in [-0.15, -0.1) is 0 Å². The molecule has 0 radical (unpaired) electrons. The first-order valence-electron chi connectivity index (χ1n) is 15.2. The van der Waals surface area contributed by atoms with E-state index in [0.717, 1.165) is 11.1 Å². The molecule has 4 N–H and O–H groups in total. The van der Waals surface area contributed by atoms with Crippen LogP contribution in [0, 0.1) is 11.7 Å². The van der Waals surface area contributed by atoms with Gasteiger partial charge in [0.25, 0.3) is 0 Å². The van der Waals surface area contributed by atoms with Gasteiger partial charge in [0.05, 0.1) is 18.4 Å². The van der Waals surface area contributed by atoms with E-state index in [-0.39, 0.29) is 56.1 Å². The number of carbonyl (C=O) groups excluding carboxylic acids is 4. The van der Waals surface area contributed by atoms with Crippen molar-refractivity contribution < 1.29 is 23.6 Å². The Balaban J connectivity index is 1.62. The number of aromatic nitrogens is 2. The summed E-state index contributed by atoms with van der Waals surface area (Å²) in [4.78, 5) is 56.9. The summed E-state index contributed by atoms with van der Waals surface area (Å²) in [5.41, 5.74) is 2.82. The van der Waals surface area contributed by atoms with Gasteiger partial charge in [0.1, 0.15) is 23.9 Å². The Hall–Kier alpha value is -4.58. The molecule has 0 saturated carbocycles. The Morgan fingerprint density at radius 3 is 2.44 bits per heavy atom. The molecule has 2 aromatic carbocycles. The topological polar surface area (TPSA) is 140 Å². The van der Waals surface area contributed by atoms with Crippen molar-refractivity contribution in [2.75, 3.05) is 26.7 Å². The minimum absolute atomic E-state index is 0.0740. The third kappa shape index (κ3) is 9.21. The van der Waals surface area contributed by atoms with E-state index in [9.17, 15) is 23.6 Å². The largest absolute Gasteiger partial charge is 0.353 e. The van der Waals surface area contributed by atoms with Crippen molar-refractivity contribution >= 4 is 23.6 Å². The van der Waals surface area contributed by atoms with Gasteiger partial charge >= 0.3 is 0 Å². The summed E-state index contributed by atoms with van der Waals surface area (Å²) < 4.78 is 14.0. The molecule has 1 fully saturated rings. The van der Waals surface area contributed by atoms with Gasteiger partial charge < -0.3 is 20.9 Å². The van der Waals surface area contributed by atoms with Crippen LogP contribution in [0.4, 0.5) is 4.39 Å². The molecule has 4 amide bonds. The molecule has 1 aliphatic heterocycles. The SMILES string of the molecule is CC(C)C[C@@H]1NC(=O)CN(Cc2cn[nH]c2-c2cccc(F)c2)CCNC(=O)[C@H](Cc2ccccc2)NC(=O)[C@H](C)N(C)C1=O. The molecule has 3 atom stereocenters. The van der Waals surface area contributed by atoms with Crippen LogP contribution in [-0.2, 0) is 32.1 Å². The van der Waals surface area contributed by atoms with Crippen LogP contribution in [0.25, 0.3) is 11.3 Å². The minimum atomic E-state index is -0.890. The lowest BCUT2D eigenvalue weighted by atomic mass is 10.0. The molecule has 0 aliphatic carbocycles. The van der Waals surface area contributed by atoms with E-state index >= 15 is 0 Å². The molecule has 0 unspecified atom stereocenters. The van der Waals surface area contributed by atoms with Gasteiger partial charge in [-0.25, -0.2) is 4.39 Å².